The first-order chi connectivity index (χ1) is 8.36. The van der Waals surface area contributed by atoms with Crippen molar-refractivity contribution < 1.29 is 4.79 Å². The van der Waals surface area contributed by atoms with Crippen molar-refractivity contribution in [1.29, 1.82) is 0 Å². The molecule has 0 aromatic heterocycles. The molecular weight excluding hydrogens is 283 g/mol. The molecule has 0 saturated heterocycles. The molecule has 1 rings (SSSR count). The van der Waals surface area contributed by atoms with Crippen LogP contribution in [-0.4, -0.2) is 11.9 Å². The molecule has 0 fully saturated rings. The summed E-state index contributed by atoms with van der Waals surface area (Å²) in [5.74, 6) is -0.123. The van der Waals surface area contributed by atoms with Crippen molar-refractivity contribution in [2.75, 3.05) is 0 Å². The molecule has 1 atom stereocenters. The Morgan fingerprint density at radius 3 is 2.63 bits per heavy atom. The molecule has 19 heavy (non-hydrogen) atoms. The number of carbonyl (C=O) groups is 1. The van der Waals surface area contributed by atoms with E-state index in [9.17, 15) is 4.79 Å². The predicted molar refractivity (Wildman–Crippen MR) is 82.8 cm³/mol. The van der Waals surface area contributed by atoms with Gasteiger partial charge in [0.05, 0.1) is 11.6 Å². The van der Waals surface area contributed by atoms with Gasteiger partial charge in [0, 0.05) is 5.02 Å². The van der Waals surface area contributed by atoms with Crippen molar-refractivity contribution in [3.05, 3.63) is 34.9 Å². The van der Waals surface area contributed by atoms with Gasteiger partial charge in [0.1, 0.15) is 0 Å². The van der Waals surface area contributed by atoms with Gasteiger partial charge in [-0.15, -0.1) is 12.4 Å². The molecule has 5 heteroatoms. The van der Waals surface area contributed by atoms with Gasteiger partial charge in [-0.1, -0.05) is 37.1 Å². The Labute approximate surface area is 126 Å². The van der Waals surface area contributed by atoms with E-state index in [1.165, 1.54) is 0 Å². The molecule has 0 aliphatic rings. The van der Waals surface area contributed by atoms with E-state index in [1.54, 1.807) is 0 Å². The van der Waals surface area contributed by atoms with Crippen LogP contribution in [0.25, 0.3) is 0 Å². The summed E-state index contributed by atoms with van der Waals surface area (Å²) in [6, 6.07) is 7.03. The molecular formula is C14H22Cl2N2O. The summed E-state index contributed by atoms with van der Waals surface area (Å²) in [6.07, 6.45) is 1.59. The van der Waals surface area contributed by atoms with Gasteiger partial charge in [0.2, 0.25) is 5.91 Å². The third kappa shape index (κ3) is 5.39. The van der Waals surface area contributed by atoms with Crippen LogP contribution in [0, 0.1) is 0 Å². The molecule has 1 amide bonds. The highest BCUT2D eigenvalue weighted by molar-refractivity contribution is 6.30. The first-order valence-corrected chi connectivity index (χ1v) is 6.58. The Morgan fingerprint density at radius 1 is 1.47 bits per heavy atom. The fourth-order valence-corrected chi connectivity index (χ4v) is 1.98. The zero-order chi connectivity index (χ0) is 13.8. The number of hydrogen-bond acceptors (Lipinski definition) is 2. The summed E-state index contributed by atoms with van der Waals surface area (Å²) in [4.78, 5) is 11.9. The van der Waals surface area contributed by atoms with Gasteiger partial charge in [0.15, 0.2) is 0 Å². The number of hydrogen-bond donors (Lipinski definition) is 2. The normalized spacial score (nSPS) is 12.5. The van der Waals surface area contributed by atoms with Gasteiger partial charge in [-0.05, 0) is 38.0 Å². The lowest BCUT2D eigenvalue weighted by molar-refractivity contribution is -0.124. The van der Waals surface area contributed by atoms with Crippen LogP contribution in [0.1, 0.15) is 39.2 Å². The number of halogens is 2. The second-order valence-electron chi connectivity index (χ2n) is 5.02. The van der Waals surface area contributed by atoms with Gasteiger partial charge < -0.3 is 11.1 Å². The van der Waals surface area contributed by atoms with E-state index in [0.29, 0.717) is 11.4 Å². The Morgan fingerprint density at radius 2 is 2.11 bits per heavy atom. The highest BCUT2D eigenvalue weighted by Crippen LogP contribution is 2.23. The lowest BCUT2D eigenvalue weighted by atomic mass is 9.93. The Bertz CT molecular complexity index is 422. The van der Waals surface area contributed by atoms with E-state index in [2.05, 4.69) is 5.32 Å². The number of amides is 1. The molecule has 0 saturated carbocycles. The third-order valence-electron chi connectivity index (χ3n) is 2.92. The van der Waals surface area contributed by atoms with Crippen LogP contribution in [0.3, 0.4) is 0 Å². The van der Waals surface area contributed by atoms with Crippen LogP contribution in [0.15, 0.2) is 24.3 Å². The maximum Gasteiger partial charge on any atom is 0.237 e. The average Bonchev–Trinajstić information content (AvgIpc) is 2.28. The molecule has 1 aromatic carbocycles. The van der Waals surface area contributed by atoms with Crippen molar-refractivity contribution in [3.63, 3.8) is 0 Å². The molecule has 108 valence electrons. The number of nitrogens with one attached hydrogen (secondary N) is 1. The van der Waals surface area contributed by atoms with E-state index in [0.717, 1.165) is 12.0 Å². The zero-order valence-electron chi connectivity index (χ0n) is 11.6. The van der Waals surface area contributed by atoms with E-state index in [1.807, 2.05) is 45.0 Å². The lowest BCUT2D eigenvalue weighted by Gasteiger charge is -2.28. The van der Waals surface area contributed by atoms with Crippen LogP contribution in [0.4, 0.5) is 0 Å². The van der Waals surface area contributed by atoms with Gasteiger partial charge >= 0.3 is 0 Å². The maximum absolute atomic E-state index is 11.9. The second kappa shape index (κ2) is 7.73. The molecule has 1 unspecified atom stereocenters. The van der Waals surface area contributed by atoms with Crippen molar-refractivity contribution in [3.8, 4) is 0 Å². The van der Waals surface area contributed by atoms with Crippen LogP contribution >= 0.6 is 24.0 Å². The predicted octanol–water partition coefficient (Wildman–Crippen LogP) is 3.24. The van der Waals surface area contributed by atoms with Crippen LogP contribution in [0.5, 0.6) is 0 Å². The highest BCUT2D eigenvalue weighted by atomic mass is 35.5. The minimum Gasteiger partial charge on any atom is -0.346 e. The maximum atomic E-state index is 11.9. The minimum absolute atomic E-state index is 0. The van der Waals surface area contributed by atoms with E-state index < -0.39 is 11.6 Å². The van der Waals surface area contributed by atoms with Crippen molar-refractivity contribution in [2.45, 2.75) is 45.2 Å². The SMILES string of the molecule is CCCC(N)C(=O)NC(C)(C)c1cccc(Cl)c1.Cl. The zero-order valence-corrected chi connectivity index (χ0v) is 13.1. The molecule has 0 heterocycles. The van der Waals surface area contributed by atoms with E-state index in [-0.39, 0.29) is 18.3 Å². The summed E-state index contributed by atoms with van der Waals surface area (Å²) < 4.78 is 0. The molecule has 0 aliphatic carbocycles. The highest BCUT2D eigenvalue weighted by Gasteiger charge is 2.25. The quantitative estimate of drug-likeness (QED) is 0.877. The molecule has 0 aliphatic heterocycles. The average molecular weight is 305 g/mol. The van der Waals surface area contributed by atoms with E-state index >= 15 is 0 Å². The summed E-state index contributed by atoms with van der Waals surface area (Å²) in [7, 11) is 0. The summed E-state index contributed by atoms with van der Waals surface area (Å²) in [5, 5.41) is 3.62. The van der Waals surface area contributed by atoms with Crippen molar-refractivity contribution in [1.82, 2.24) is 5.32 Å². The van der Waals surface area contributed by atoms with Gasteiger partial charge in [-0.2, -0.15) is 0 Å². The second-order valence-corrected chi connectivity index (χ2v) is 5.46. The first-order valence-electron chi connectivity index (χ1n) is 6.20. The summed E-state index contributed by atoms with van der Waals surface area (Å²) >= 11 is 5.96. The standard InChI is InChI=1S/C14H21ClN2O.ClH/c1-4-6-12(16)13(18)17-14(2,3)10-7-5-8-11(15)9-10;/h5,7-9,12H,4,6,16H2,1-3H3,(H,17,18);1H. The summed E-state index contributed by atoms with van der Waals surface area (Å²) in [5.41, 5.74) is 6.29. The van der Waals surface area contributed by atoms with Crippen LogP contribution in [0.2, 0.25) is 5.02 Å². The molecule has 3 nitrogen and oxygen atoms in total. The lowest BCUT2D eigenvalue weighted by Crippen LogP contribution is -2.48. The fourth-order valence-electron chi connectivity index (χ4n) is 1.79. The summed E-state index contributed by atoms with van der Waals surface area (Å²) in [6.45, 7) is 5.89. The minimum atomic E-state index is -0.479. The largest absolute Gasteiger partial charge is 0.346 e. The number of nitrogens with two attached hydrogens (primary N) is 1. The Kier molecular flexibility index (Phi) is 7.42. The van der Waals surface area contributed by atoms with Gasteiger partial charge in [0.25, 0.3) is 0 Å². The number of carbonyl (C=O) groups excluding carboxylic acids is 1. The van der Waals surface area contributed by atoms with E-state index in [4.69, 9.17) is 17.3 Å². The molecule has 0 bridgehead atoms. The molecule has 1 aromatic rings. The molecule has 0 radical (unpaired) electrons. The van der Waals surface area contributed by atoms with Crippen molar-refractivity contribution in [2.24, 2.45) is 5.73 Å². The Hall–Kier alpha value is -0.770. The molecule has 3 N–H and O–H groups in total. The molecule has 0 spiro atoms. The number of rotatable bonds is 5. The van der Waals surface area contributed by atoms with Crippen LogP contribution in [-0.2, 0) is 10.3 Å². The third-order valence-corrected chi connectivity index (χ3v) is 3.15. The monoisotopic (exact) mass is 304 g/mol. The van der Waals surface area contributed by atoms with Crippen molar-refractivity contribution >= 4 is 29.9 Å². The topological polar surface area (TPSA) is 55.1 Å². The first kappa shape index (κ1) is 18.2. The number of benzene rings is 1. The fraction of sp³-hybridized carbons (Fsp3) is 0.500. The smallest absolute Gasteiger partial charge is 0.237 e. The Balaban J connectivity index is 0.00000324. The van der Waals surface area contributed by atoms with Crippen LogP contribution < -0.4 is 11.1 Å². The van der Waals surface area contributed by atoms with Gasteiger partial charge in [-0.3, -0.25) is 4.79 Å². The van der Waals surface area contributed by atoms with Gasteiger partial charge in [-0.25, -0.2) is 0 Å².